The molecule has 0 aliphatic heterocycles. The summed E-state index contributed by atoms with van der Waals surface area (Å²) in [5, 5.41) is 0.511. The topological polar surface area (TPSA) is 46.2 Å². The third-order valence-corrected chi connectivity index (χ3v) is 4.70. The van der Waals surface area contributed by atoms with Gasteiger partial charge in [-0.1, -0.05) is 39.7 Å². The van der Waals surface area contributed by atoms with Crippen molar-refractivity contribution < 1.29 is 12.8 Å². The van der Waals surface area contributed by atoms with Crippen LogP contribution in [-0.2, 0) is 16.6 Å². The second kappa shape index (κ2) is 6.22. The molecule has 20 heavy (non-hydrogen) atoms. The van der Waals surface area contributed by atoms with Crippen LogP contribution < -0.4 is 4.72 Å². The average molecular weight is 379 g/mol. The lowest BCUT2D eigenvalue weighted by atomic mass is 10.2. The molecule has 7 heteroatoms. The number of rotatable bonds is 4. The van der Waals surface area contributed by atoms with Gasteiger partial charge in [-0.05, 0) is 35.9 Å². The molecular formula is C13H10BrClFNO2S. The summed E-state index contributed by atoms with van der Waals surface area (Å²) < 4.78 is 40.5. The van der Waals surface area contributed by atoms with Crippen LogP contribution in [0, 0.1) is 5.82 Å². The Bertz CT molecular complexity index is 737. The van der Waals surface area contributed by atoms with Gasteiger partial charge in [-0.25, -0.2) is 17.5 Å². The predicted octanol–water partition coefficient (Wildman–Crippen LogP) is 3.72. The highest BCUT2D eigenvalue weighted by atomic mass is 79.9. The minimum Gasteiger partial charge on any atom is -0.207 e. The summed E-state index contributed by atoms with van der Waals surface area (Å²) in [5.41, 5.74) is 0.693. The normalized spacial score (nSPS) is 11.6. The van der Waals surface area contributed by atoms with E-state index in [1.165, 1.54) is 12.1 Å². The molecule has 0 spiro atoms. The van der Waals surface area contributed by atoms with E-state index in [1.807, 2.05) is 0 Å². The molecule has 1 N–H and O–H groups in total. The van der Waals surface area contributed by atoms with Gasteiger partial charge in [0.25, 0.3) is 0 Å². The van der Waals surface area contributed by atoms with E-state index >= 15 is 0 Å². The lowest BCUT2D eigenvalue weighted by Crippen LogP contribution is -2.24. The van der Waals surface area contributed by atoms with E-state index < -0.39 is 15.8 Å². The minimum atomic E-state index is -3.91. The molecule has 0 aliphatic carbocycles. The smallest absolute Gasteiger partial charge is 0.207 e. The summed E-state index contributed by atoms with van der Waals surface area (Å²) in [6, 6.07) is 10.6. The summed E-state index contributed by atoms with van der Waals surface area (Å²) in [4.78, 5) is -0.386. The molecule has 2 rings (SSSR count). The Balaban J connectivity index is 2.19. The molecule has 0 aromatic heterocycles. The highest BCUT2D eigenvalue weighted by Gasteiger charge is 2.18. The number of halogens is 3. The molecule has 0 atom stereocenters. The van der Waals surface area contributed by atoms with Crippen molar-refractivity contribution >= 4 is 37.6 Å². The molecule has 0 aliphatic rings. The summed E-state index contributed by atoms with van der Waals surface area (Å²) in [6.07, 6.45) is 0. The third kappa shape index (κ3) is 3.79. The minimum absolute atomic E-state index is 0.0401. The van der Waals surface area contributed by atoms with E-state index in [0.717, 1.165) is 6.07 Å². The van der Waals surface area contributed by atoms with Crippen molar-refractivity contribution in [2.75, 3.05) is 0 Å². The molecule has 0 amide bonds. The van der Waals surface area contributed by atoms with Gasteiger partial charge < -0.3 is 0 Å². The highest BCUT2D eigenvalue weighted by molar-refractivity contribution is 9.10. The van der Waals surface area contributed by atoms with Crippen LogP contribution in [0.4, 0.5) is 4.39 Å². The van der Waals surface area contributed by atoms with Crippen molar-refractivity contribution in [1.82, 2.24) is 4.72 Å². The largest absolute Gasteiger partial charge is 0.243 e. The van der Waals surface area contributed by atoms with Crippen LogP contribution in [0.3, 0.4) is 0 Å². The Labute approximate surface area is 130 Å². The van der Waals surface area contributed by atoms with Gasteiger partial charge in [0.1, 0.15) is 10.7 Å². The summed E-state index contributed by atoms with van der Waals surface area (Å²) in [7, 11) is -3.91. The average Bonchev–Trinajstić information content (AvgIpc) is 2.36. The lowest BCUT2D eigenvalue weighted by Gasteiger charge is -2.08. The maximum atomic E-state index is 13.7. The van der Waals surface area contributed by atoms with Gasteiger partial charge in [0.05, 0.1) is 0 Å². The van der Waals surface area contributed by atoms with Crippen molar-refractivity contribution in [1.29, 1.82) is 0 Å². The molecule has 2 aromatic carbocycles. The molecule has 0 saturated heterocycles. The fourth-order valence-corrected chi connectivity index (χ4v) is 3.22. The van der Waals surface area contributed by atoms with Crippen LogP contribution in [0.25, 0.3) is 0 Å². The summed E-state index contributed by atoms with van der Waals surface area (Å²) in [6.45, 7) is 0.0401. The maximum absolute atomic E-state index is 13.7. The molecule has 0 saturated carbocycles. The van der Waals surface area contributed by atoms with Crippen LogP contribution in [-0.4, -0.2) is 8.42 Å². The van der Waals surface area contributed by atoms with E-state index in [-0.39, 0.29) is 11.4 Å². The fraction of sp³-hybridized carbons (Fsp3) is 0.0769. The zero-order chi connectivity index (χ0) is 14.8. The van der Waals surface area contributed by atoms with Crippen molar-refractivity contribution in [3.63, 3.8) is 0 Å². The van der Waals surface area contributed by atoms with Crippen LogP contribution in [0.2, 0.25) is 5.02 Å². The molecule has 0 bridgehead atoms. The lowest BCUT2D eigenvalue weighted by molar-refractivity contribution is 0.556. The summed E-state index contributed by atoms with van der Waals surface area (Å²) in [5.74, 6) is -0.807. The second-order valence-electron chi connectivity index (χ2n) is 4.03. The number of hydrogen-bond acceptors (Lipinski definition) is 2. The molecule has 2 aromatic rings. The Kier molecular flexibility index (Phi) is 4.80. The zero-order valence-corrected chi connectivity index (χ0v) is 13.3. The SMILES string of the molecule is O=S(=O)(NCc1cccc(Cl)c1)c1ccc(Br)cc1F. The summed E-state index contributed by atoms with van der Waals surface area (Å²) >= 11 is 8.89. The Morgan fingerprint density at radius 1 is 1.20 bits per heavy atom. The zero-order valence-electron chi connectivity index (χ0n) is 10.1. The number of hydrogen-bond donors (Lipinski definition) is 1. The Morgan fingerprint density at radius 2 is 1.95 bits per heavy atom. The van der Waals surface area contributed by atoms with E-state index in [9.17, 15) is 12.8 Å². The first-order valence-corrected chi connectivity index (χ1v) is 8.23. The van der Waals surface area contributed by atoms with Crippen molar-refractivity contribution in [3.05, 3.63) is 63.3 Å². The van der Waals surface area contributed by atoms with Crippen molar-refractivity contribution in [3.8, 4) is 0 Å². The first kappa shape index (κ1) is 15.4. The first-order chi connectivity index (χ1) is 9.38. The number of benzene rings is 2. The molecular weight excluding hydrogens is 369 g/mol. The number of sulfonamides is 1. The van der Waals surface area contributed by atoms with Gasteiger partial charge in [-0.2, -0.15) is 0 Å². The van der Waals surface area contributed by atoms with E-state index in [4.69, 9.17) is 11.6 Å². The van der Waals surface area contributed by atoms with Crippen molar-refractivity contribution in [2.24, 2.45) is 0 Å². The molecule has 3 nitrogen and oxygen atoms in total. The maximum Gasteiger partial charge on any atom is 0.243 e. The van der Waals surface area contributed by atoms with E-state index in [2.05, 4.69) is 20.7 Å². The fourth-order valence-electron chi connectivity index (χ4n) is 1.60. The molecule has 0 heterocycles. The van der Waals surface area contributed by atoms with E-state index in [0.29, 0.717) is 15.1 Å². The second-order valence-corrected chi connectivity index (χ2v) is 7.12. The van der Waals surface area contributed by atoms with Gasteiger partial charge in [0.2, 0.25) is 10.0 Å². The highest BCUT2D eigenvalue weighted by Crippen LogP contribution is 2.19. The van der Waals surface area contributed by atoms with Crippen LogP contribution >= 0.6 is 27.5 Å². The van der Waals surface area contributed by atoms with Gasteiger partial charge in [-0.15, -0.1) is 0 Å². The van der Waals surface area contributed by atoms with E-state index in [1.54, 1.807) is 24.3 Å². The van der Waals surface area contributed by atoms with Gasteiger partial charge in [-0.3, -0.25) is 0 Å². The molecule has 0 radical (unpaired) electrons. The van der Waals surface area contributed by atoms with Gasteiger partial charge >= 0.3 is 0 Å². The predicted molar refractivity (Wildman–Crippen MR) is 79.6 cm³/mol. The standard InChI is InChI=1S/C13H10BrClFNO2S/c14-10-4-5-13(12(16)7-10)20(18,19)17-8-9-2-1-3-11(15)6-9/h1-7,17H,8H2. The van der Waals surface area contributed by atoms with Crippen LogP contribution in [0.15, 0.2) is 51.8 Å². The first-order valence-electron chi connectivity index (χ1n) is 5.58. The van der Waals surface area contributed by atoms with Gasteiger partial charge in [0, 0.05) is 16.0 Å². The van der Waals surface area contributed by atoms with Crippen LogP contribution in [0.5, 0.6) is 0 Å². The third-order valence-electron chi connectivity index (χ3n) is 2.54. The monoisotopic (exact) mass is 377 g/mol. The van der Waals surface area contributed by atoms with Crippen molar-refractivity contribution in [2.45, 2.75) is 11.4 Å². The molecule has 0 unspecified atom stereocenters. The Morgan fingerprint density at radius 3 is 2.60 bits per heavy atom. The quantitative estimate of drug-likeness (QED) is 0.881. The molecule has 0 fully saturated rings. The number of nitrogens with one attached hydrogen (secondary N) is 1. The van der Waals surface area contributed by atoms with Gasteiger partial charge in [0.15, 0.2) is 0 Å². The molecule has 106 valence electrons. The Hall–Kier alpha value is -0.950. The van der Waals surface area contributed by atoms with Crippen LogP contribution in [0.1, 0.15) is 5.56 Å².